The minimum absolute atomic E-state index is 0.0349. The van der Waals surface area contributed by atoms with Crippen LogP contribution in [-0.2, 0) is 10.0 Å². The average molecular weight is 309 g/mol. The molecular formula is C11H14Cl2N2O2S. The molecule has 1 aromatic rings. The van der Waals surface area contributed by atoms with Crippen LogP contribution < -0.4 is 10.5 Å². The number of nitrogens with two attached hydrogens (primary N) is 1. The van der Waals surface area contributed by atoms with Gasteiger partial charge in [0, 0.05) is 17.6 Å². The molecule has 0 amide bonds. The third-order valence-corrected chi connectivity index (χ3v) is 5.14. The first-order chi connectivity index (χ1) is 8.44. The Morgan fingerprint density at radius 2 is 2.06 bits per heavy atom. The van der Waals surface area contributed by atoms with Crippen LogP contribution in [0.25, 0.3) is 0 Å². The second-order valence-corrected chi connectivity index (χ2v) is 6.90. The zero-order chi connectivity index (χ0) is 13.3. The Kier molecular flexibility index (Phi) is 4.18. The highest BCUT2D eigenvalue weighted by molar-refractivity contribution is 7.89. The minimum atomic E-state index is -3.64. The third kappa shape index (κ3) is 3.16. The van der Waals surface area contributed by atoms with Gasteiger partial charge in [0.25, 0.3) is 0 Å². The normalized spacial score (nSPS) is 17.7. The van der Waals surface area contributed by atoms with Crippen molar-refractivity contribution >= 4 is 33.2 Å². The summed E-state index contributed by atoms with van der Waals surface area (Å²) < 4.78 is 26.9. The van der Waals surface area contributed by atoms with Gasteiger partial charge in [0.05, 0.1) is 5.02 Å². The maximum absolute atomic E-state index is 12.2. The van der Waals surface area contributed by atoms with Crippen molar-refractivity contribution in [3.63, 3.8) is 0 Å². The van der Waals surface area contributed by atoms with Crippen molar-refractivity contribution in [2.24, 2.45) is 11.7 Å². The lowest BCUT2D eigenvalue weighted by Crippen LogP contribution is -2.41. The van der Waals surface area contributed by atoms with Gasteiger partial charge in [-0.05, 0) is 37.0 Å². The van der Waals surface area contributed by atoms with E-state index in [4.69, 9.17) is 28.9 Å². The summed E-state index contributed by atoms with van der Waals surface area (Å²) in [6.07, 6.45) is 2.03. The number of halogens is 2. The van der Waals surface area contributed by atoms with Gasteiger partial charge in [0.1, 0.15) is 4.90 Å². The molecule has 0 aromatic heterocycles. The molecule has 1 unspecified atom stereocenters. The summed E-state index contributed by atoms with van der Waals surface area (Å²) in [7, 11) is -3.64. The molecule has 1 aromatic carbocycles. The van der Waals surface area contributed by atoms with E-state index in [9.17, 15) is 8.42 Å². The van der Waals surface area contributed by atoms with E-state index in [-0.39, 0.29) is 22.5 Å². The first kappa shape index (κ1) is 14.1. The van der Waals surface area contributed by atoms with Gasteiger partial charge in [-0.25, -0.2) is 13.1 Å². The molecular weight excluding hydrogens is 295 g/mol. The Balaban J connectivity index is 2.24. The molecule has 1 aliphatic rings. The summed E-state index contributed by atoms with van der Waals surface area (Å²) >= 11 is 11.6. The summed E-state index contributed by atoms with van der Waals surface area (Å²) in [4.78, 5) is 0.0349. The van der Waals surface area contributed by atoms with Crippen LogP contribution in [0.5, 0.6) is 0 Å². The van der Waals surface area contributed by atoms with Crippen molar-refractivity contribution in [1.29, 1.82) is 0 Å². The van der Waals surface area contributed by atoms with Crippen LogP contribution in [0.15, 0.2) is 23.1 Å². The number of benzene rings is 1. The van der Waals surface area contributed by atoms with Crippen molar-refractivity contribution in [2.75, 3.05) is 6.54 Å². The summed E-state index contributed by atoms with van der Waals surface area (Å²) in [6, 6.07) is 4.08. The fourth-order valence-electron chi connectivity index (χ4n) is 1.79. The molecule has 0 bridgehead atoms. The van der Waals surface area contributed by atoms with Gasteiger partial charge in [0.2, 0.25) is 10.0 Å². The van der Waals surface area contributed by atoms with Gasteiger partial charge in [-0.2, -0.15) is 0 Å². The Labute approximate surface area is 117 Å². The van der Waals surface area contributed by atoms with Crippen LogP contribution in [0.1, 0.15) is 12.8 Å². The Hall–Kier alpha value is -0.330. The smallest absolute Gasteiger partial charge is 0.242 e. The number of hydrogen-bond acceptors (Lipinski definition) is 3. The summed E-state index contributed by atoms with van der Waals surface area (Å²) in [5.41, 5.74) is 5.58. The SMILES string of the molecule is NCC(NS(=O)(=O)c1ccc(Cl)cc1Cl)C1CC1. The maximum Gasteiger partial charge on any atom is 0.242 e. The molecule has 2 rings (SSSR count). The van der Waals surface area contributed by atoms with Crippen LogP contribution in [0.2, 0.25) is 10.0 Å². The largest absolute Gasteiger partial charge is 0.329 e. The van der Waals surface area contributed by atoms with Crippen LogP contribution in [0.4, 0.5) is 0 Å². The highest BCUT2D eigenvalue weighted by atomic mass is 35.5. The Morgan fingerprint density at radius 3 is 2.56 bits per heavy atom. The van der Waals surface area contributed by atoms with Gasteiger partial charge in [-0.15, -0.1) is 0 Å². The molecule has 0 spiro atoms. The first-order valence-corrected chi connectivity index (χ1v) is 7.85. The van der Waals surface area contributed by atoms with Crippen LogP contribution in [-0.4, -0.2) is 21.0 Å². The predicted octanol–water partition coefficient (Wildman–Crippen LogP) is 2.01. The van der Waals surface area contributed by atoms with E-state index < -0.39 is 10.0 Å². The highest BCUT2D eigenvalue weighted by Crippen LogP contribution is 2.33. The monoisotopic (exact) mass is 308 g/mol. The number of sulfonamides is 1. The fourth-order valence-corrected chi connectivity index (χ4v) is 3.88. The lowest BCUT2D eigenvalue weighted by atomic mass is 10.2. The van der Waals surface area contributed by atoms with Crippen molar-refractivity contribution in [1.82, 2.24) is 4.72 Å². The second-order valence-electron chi connectivity index (χ2n) is 4.38. The molecule has 0 saturated heterocycles. The third-order valence-electron chi connectivity index (χ3n) is 2.93. The van der Waals surface area contributed by atoms with Crippen LogP contribution >= 0.6 is 23.2 Å². The van der Waals surface area contributed by atoms with E-state index in [0.717, 1.165) is 12.8 Å². The van der Waals surface area contributed by atoms with Crippen LogP contribution in [0.3, 0.4) is 0 Å². The molecule has 1 atom stereocenters. The molecule has 7 heteroatoms. The van der Waals surface area contributed by atoms with Gasteiger partial charge in [-0.1, -0.05) is 23.2 Å². The molecule has 100 valence electrons. The van der Waals surface area contributed by atoms with E-state index >= 15 is 0 Å². The minimum Gasteiger partial charge on any atom is -0.329 e. The van der Waals surface area contributed by atoms with Gasteiger partial charge >= 0.3 is 0 Å². The van der Waals surface area contributed by atoms with Crippen molar-refractivity contribution < 1.29 is 8.42 Å². The quantitative estimate of drug-likeness (QED) is 0.874. The fraction of sp³-hybridized carbons (Fsp3) is 0.455. The molecule has 1 fully saturated rings. The van der Waals surface area contributed by atoms with E-state index in [1.54, 1.807) is 0 Å². The summed E-state index contributed by atoms with van der Waals surface area (Å²) in [5.74, 6) is 0.343. The molecule has 3 N–H and O–H groups in total. The second kappa shape index (κ2) is 5.35. The lowest BCUT2D eigenvalue weighted by molar-refractivity contribution is 0.519. The molecule has 1 aliphatic carbocycles. The van der Waals surface area contributed by atoms with Crippen molar-refractivity contribution in [3.05, 3.63) is 28.2 Å². The number of rotatable bonds is 5. The topological polar surface area (TPSA) is 72.2 Å². The standard InChI is InChI=1S/C11H14Cl2N2O2S/c12-8-3-4-11(9(13)5-8)18(16,17)15-10(6-14)7-1-2-7/h3-5,7,10,15H,1-2,6,14H2. The summed E-state index contributed by atoms with van der Waals surface area (Å²) in [6.45, 7) is 0.287. The van der Waals surface area contributed by atoms with E-state index in [1.807, 2.05) is 0 Å². The predicted molar refractivity (Wildman–Crippen MR) is 72.3 cm³/mol. The van der Waals surface area contributed by atoms with Crippen LogP contribution in [0, 0.1) is 5.92 Å². The van der Waals surface area contributed by atoms with E-state index in [0.29, 0.717) is 10.9 Å². The Bertz CT molecular complexity index is 544. The highest BCUT2D eigenvalue weighted by Gasteiger charge is 2.33. The Morgan fingerprint density at radius 1 is 1.39 bits per heavy atom. The molecule has 4 nitrogen and oxygen atoms in total. The molecule has 1 saturated carbocycles. The van der Waals surface area contributed by atoms with Gasteiger partial charge in [-0.3, -0.25) is 0 Å². The zero-order valence-electron chi connectivity index (χ0n) is 9.57. The maximum atomic E-state index is 12.2. The molecule has 0 heterocycles. The zero-order valence-corrected chi connectivity index (χ0v) is 11.9. The number of hydrogen-bond donors (Lipinski definition) is 2. The van der Waals surface area contributed by atoms with Gasteiger partial charge < -0.3 is 5.73 Å². The molecule has 18 heavy (non-hydrogen) atoms. The van der Waals surface area contributed by atoms with Crippen molar-refractivity contribution in [3.8, 4) is 0 Å². The first-order valence-electron chi connectivity index (χ1n) is 5.61. The van der Waals surface area contributed by atoms with E-state index in [1.165, 1.54) is 18.2 Å². The number of nitrogens with one attached hydrogen (secondary N) is 1. The van der Waals surface area contributed by atoms with E-state index in [2.05, 4.69) is 4.72 Å². The molecule has 0 aliphatic heterocycles. The summed E-state index contributed by atoms with van der Waals surface area (Å²) in [5, 5.41) is 0.512. The van der Waals surface area contributed by atoms with Gasteiger partial charge in [0.15, 0.2) is 0 Å². The average Bonchev–Trinajstić information content (AvgIpc) is 3.09. The van der Waals surface area contributed by atoms with Crippen molar-refractivity contribution in [2.45, 2.75) is 23.8 Å². The lowest BCUT2D eigenvalue weighted by Gasteiger charge is -2.16. The molecule has 0 radical (unpaired) electrons.